The number of thioether (sulfide) groups is 2. The van der Waals surface area contributed by atoms with Crippen LogP contribution in [0, 0.1) is 0 Å². The van der Waals surface area contributed by atoms with Gasteiger partial charge in [0.25, 0.3) is 0 Å². The number of hydrogen-bond acceptors (Lipinski definition) is 6. The molecule has 3 rings (SSSR count). The molecule has 0 aliphatic heterocycles. The average Bonchev–Trinajstić information content (AvgIpc) is 3.08. The topological polar surface area (TPSA) is 54.9 Å². The Balaban J connectivity index is 1.79. The highest BCUT2D eigenvalue weighted by Gasteiger charge is 2.23. The number of nitrogens with one attached hydrogen (secondary N) is 1. The lowest BCUT2D eigenvalue weighted by Gasteiger charge is -2.16. The molecule has 0 radical (unpaired) electrons. The van der Waals surface area contributed by atoms with Crippen LogP contribution in [0.4, 0.5) is 5.13 Å². The second-order valence-electron chi connectivity index (χ2n) is 5.02. The lowest BCUT2D eigenvalue weighted by atomic mass is 10.1. The van der Waals surface area contributed by atoms with Gasteiger partial charge in [0, 0.05) is 4.90 Å². The second-order valence-corrected chi connectivity index (χ2v) is 8.68. The van der Waals surface area contributed by atoms with E-state index in [9.17, 15) is 4.79 Å². The molecule has 1 amide bonds. The molecule has 1 N–H and O–H groups in total. The Hall–Kier alpha value is -1.83. The van der Waals surface area contributed by atoms with Gasteiger partial charge < -0.3 is 0 Å². The molecule has 0 spiro atoms. The van der Waals surface area contributed by atoms with Gasteiger partial charge in [-0.15, -0.1) is 22.0 Å². The molecular formula is C18H17N3OS3. The van der Waals surface area contributed by atoms with Crippen molar-refractivity contribution >= 4 is 45.9 Å². The highest BCUT2D eigenvalue weighted by molar-refractivity contribution is 8.01. The van der Waals surface area contributed by atoms with E-state index in [4.69, 9.17) is 0 Å². The minimum absolute atomic E-state index is 0.0933. The van der Waals surface area contributed by atoms with E-state index in [2.05, 4.69) is 22.4 Å². The first-order valence-corrected chi connectivity index (χ1v) is 10.5. The zero-order chi connectivity index (χ0) is 17.5. The van der Waals surface area contributed by atoms with Gasteiger partial charge in [-0.05, 0) is 23.4 Å². The van der Waals surface area contributed by atoms with E-state index < -0.39 is 0 Å². The van der Waals surface area contributed by atoms with Crippen LogP contribution in [-0.2, 0) is 4.79 Å². The predicted molar refractivity (Wildman–Crippen MR) is 106 cm³/mol. The van der Waals surface area contributed by atoms with Crippen LogP contribution in [0.1, 0.15) is 17.7 Å². The van der Waals surface area contributed by atoms with E-state index in [0.29, 0.717) is 5.13 Å². The van der Waals surface area contributed by atoms with Crippen LogP contribution in [0.15, 0.2) is 69.9 Å². The van der Waals surface area contributed by atoms with Gasteiger partial charge in [-0.25, -0.2) is 0 Å². The highest BCUT2D eigenvalue weighted by Crippen LogP contribution is 2.36. The molecule has 0 bridgehead atoms. The Bertz CT molecular complexity index is 809. The van der Waals surface area contributed by atoms with Gasteiger partial charge in [-0.3, -0.25) is 10.1 Å². The summed E-state index contributed by atoms with van der Waals surface area (Å²) in [5.41, 5.74) is 0.960. The van der Waals surface area contributed by atoms with Gasteiger partial charge >= 0.3 is 0 Å². The number of nitrogens with zero attached hydrogens (tertiary/aromatic N) is 2. The molecule has 0 unspecified atom stereocenters. The Kier molecular flexibility index (Phi) is 6.49. The average molecular weight is 388 g/mol. The summed E-state index contributed by atoms with van der Waals surface area (Å²) in [6, 6.07) is 19.7. The van der Waals surface area contributed by atoms with Crippen LogP contribution in [0.25, 0.3) is 0 Å². The van der Waals surface area contributed by atoms with Gasteiger partial charge in [0.15, 0.2) is 4.34 Å². The molecule has 25 heavy (non-hydrogen) atoms. The molecule has 4 nitrogen and oxygen atoms in total. The fourth-order valence-corrected chi connectivity index (χ4v) is 4.85. The lowest BCUT2D eigenvalue weighted by Crippen LogP contribution is -2.18. The maximum atomic E-state index is 12.9. The van der Waals surface area contributed by atoms with Crippen molar-refractivity contribution in [3.05, 3.63) is 66.2 Å². The molecule has 2 aromatic carbocycles. The number of carbonyl (C=O) groups excluding carboxylic acids is 1. The monoisotopic (exact) mass is 387 g/mol. The third-order valence-corrected chi connectivity index (χ3v) is 6.36. The predicted octanol–water partition coefficient (Wildman–Crippen LogP) is 5.12. The Morgan fingerprint density at radius 3 is 2.44 bits per heavy atom. The van der Waals surface area contributed by atoms with Gasteiger partial charge in [0.05, 0.1) is 0 Å². The first kappa shape index (κ1) is 18.0. The maximum absolute atomic E-state index is 12.9. The minimum atomic E-state index is -0.352. The van der Waals surface area contributed by atoms with Crippen molar-refractivity contribution in [3.63, 3.8) is 0 Å². The fourth-order valence-electron chi connectivity index (χ4n) is 2.15. The largest absolute Gasteiger partial charge is 0.299 e. The molecular weight excluding hydrogens is 370 g/mol. The van der Waals surface area contributed by atoms with Crippen molar-refractivity contribution in [2.24, 2.45) is 0 Å². The number of anilines is 1. The molecule has 0 aliphatic rings. The number of aromatic nitrogens is 2. The van der Waals surface area contributed by atoms with Crippen molar-refractivity contribution < 1.29 is 4.79 Å². The molecule has 0 aliphatic carbocycles. The molecule has 3 aromatic rings. The van der Waals surface area contributed by atoms with Crippen LogP contribution in [-0.4, -0.2) is 21.9 Å². The van der Waals surface area contributed by atoms with Crippen LogP contribution in [0.2, 0.25) is 0 Å². The summed E-state index contributed by atoms with van der Waals surface area (Å²) < 4.78 is 0.866. The Labute approximate surface area is 159 Å². The van der Waals surface area contributed by atoms with Crippen LogP contribution < -0.4 is 5.32 Å². The summed E-state index contributed by atoms with van der Waals surface area (Å²) in [6.45, 7) is 2.06. The lowest BCUT2D eigenvalue weighted by molar-refractivity contribution is -0.115. The summed E-state index contributed by atoms with van der Waals surface area (Å²) in [6.07, 6.45) is 0. The molecule has 0 fully saturated rings. The van der Waals surface area contributed by atoms with Crippen molar-refractivity contribution in [1.82, 2.24) is 10.2 Å². The molecule has 1 atom stereocenters. The summed E-state index contributed by atoms with van der Waals surface area (Å²) in [5, 5.41) is 11.2. The number of amides is 1. The van der Waals surface area contributed by atoms with Crippen LogP contribution in [0.5, 0.6) is 0 Å². The van der Waals surface area contributed by atoms with Crippen LogP contribution >= 0.6 is 34.9 Å². The van der Waals surface area contributed by atoms with Crippen molar-refractivity contribution in [2.75, 3.05) is 11.1 Å². The Morgan fingerprint density at radius 1 is 1.08 bits per heavy atom. The summed E-state index contributed by atoms with van der Waals surface area (Å²) in [7, 11) is 0. The van der Waals surface area contributed by atoms with E-state index in [0.717, 1.165) is 20.6 Å². The van der Waals surface area contributed by atoms with E-state index in [1.807, 2.05) is 60.7 Å². The molecule has 1 aromatic heterocycles. The summed E-state index contributed by atoms with van der Waals surface area (Å²) >= 11 is 4.55. The summed E-state index contributed by atoms with van der Waals surface area (Å²) in [5.74, 6) is 0.836. The highest BCUT2D eigenvalue weighted by atomic mass is 32.2. The van der Waals surface area contributed by atoms with Gasteiger partial charge in [-0.1, -0.05) is 78.6 Å². The number of benzene rings is 2. The fraction of sp³-hybridized carbons (Fsp3) is 0.167. The van der Waals surface area contributed by atoms with Gasteiger partial charge in [0.1, 0.15) is 5.25 Å². The Morgan fingerprint density at radius 2 is 1.76 bits per heavy atom. The zero-order valence-corrected chi connectivity index (χ0v) is 16.0. The standard InChI is InChI=1S/C18H17N3OS3/c1-2-23-18-21-20-17(25-18)19-16(22)15(13-9-5-3-6-10-13)24-14-11-7-4-8-12-14/h3-12,15H,2H2,1H3,(H,19,20,22)/t15-/m1/s1. The molecule has 128 valence electrons. The molecule has 7 heteroatoms. The normalized spacial score (nSPS) is 11.9. The molecule has 1 heterocycles. The number of carbonyl (C=O) groups is 1. The van der Waals surface area contributed by atoms with E-state index >= 15 is 0 Å². The number of rotatable bonds is 7. The first-order chi connectivity index (χ1) is 12.3. The van der Waals surface area contributed by atoms with E-state index in [1.165, 1.54) is 23.1 Å². The quantitative estimate of drug-likeness (QED) is 0.450. The zero-order valence-electron chi connectivity index (χ0n) is 13.6. The SMILES string of the molecule is CCSc1nnc(NC(=O)[C@H](Sc2ccccc2)c2ccccc2)s1. The minimum Gasteiger partial charge on any atom is -0.299 e. The van der Waals surface area contributed by atoms with E-state index in [1.54, 1.807) is 11.8 Å². The number of hydrogen-bond donors (Lipinski definition) is 1. The maximum Gasteiger partial charge on any atom is 0.244 e. The van der Waals surface area contributed by atoms with Crippen LogP contribution in [0.3, 0.4) is 0 Å². The third-order valence-electron chi connectivity index (χ3n) is 3.24. The van der Waals surface area contributed by atoms with Crippen molar-refractivity contribution in [1.29, 1.82) is 0 Å². The molecule has 0 saturated heterocycles. The summed E-state index contributed by atoms with van der Waals surface area (Å²) in [4.78, 5) is 13.9. The first-order valence-electron chi connectivity index (χ1n) is 7.80. The third kappa shape index (κ3) is 5.07. The second kappa shape index (κ2) is 9.03. The van der Waals surface area contributed by atoms with Gasteiger partial charge in [0.2, 0.25) is 11.0 Å². The van der Waals surface area contributed by atoms with Crippen molar-refractivity contribution in [2.45, 2.75) is 21.4 Å². The smallest absolute Gasteiger partial charge is 0.244 e. The van der Waals surface area contributed by atoms with Crippen molar-refractivity contribution in [3.8, 4) is 0 Å². The molecule has 0 saturated carbocycles. The van der Waals surface area contributed by atoms with Gasteiger partial charge in [-0.2, -0.15) is 0 Å². The van der Waals surface area contributed by atoms with E-state index in [-0.39, 0.29) is 11.2 Å².